The van der Waals surface area contributed by atoms with Crippen LogP contribution in [0.25, 0.3) is 10.9 Å². The van der Waals surface area contributed by atoms with Gasteiger partial charge in [-0.2, -0.15) is 0 Å². The fourth-order valence-corrected chi connectivity index (χ4v) is 4.66. The third-order valence-electron chi connectivity index (χ3n) is 5.12. The summed E-state index contributed by atoms with van der Waals surface area (Å²) in [6.45, 7) is 6.43. The maximum Gasteiger partial charge on any atom is 0.0900 e. The van der Waals surface area contributed by atoms with Crippen molar-refractivity contribution in [3.05, 3.63) is 28.0 Å². The molecule has 26 heavy (non-hydrogen) atoms. The number of hydrogen-bond acceptors (Lipinski definition) is 4. The average molecular weight is 471 g/mol. The Morgan fingerprint density at radius 3 is 2.81 bits per heavy atom. The molecule has 2 aromatic rings. The number of hydrogen-bond donors (Lipinski definition) is 2. The highest BCUT2D eigenvalue weighted by Crippen LogP contribution is 2.30. The fraction of sp³-hybridized carbons (Fsp3) is 0.600. The molecule has 0 aliphatic carbocycles. The Labute approximate surface area is 169 Å². The Morgan fingerprint density at radius 2 is 2.12 bits per heavy atom. The maximum atomic E-state index is 9.91. The molecular formula is C20H30IN3O2. The van der Waals surface area contributed by atoms with Crippen molar-refractivity contribution in [3.63, 3.8) is 0 Å². The number of likely N-dealkylation sites (tertiary alicyclic amines) is 1. The zero-order valence-electron chi connectivity index (χ0n) is 15.7. The summed E-state index contributed by atoms with van der Waals surface area (Å²) in [5.74, 6) is 0. The van der Waals surface area contributed by atoms with Crippen molar-refractivity contribution in [2.45, 2.75) is 44.9 Å². The zero-order chi connectivity index (χ0) is 18.5. The fourth-order valence-electron chi connectivity index (χ4n) is 3.85. The minimum absolute atomic E-state index is 0.390. The highest BCUT2D eigenvalue weighted by Gasteiger charge is 2.21. The summed E-state index contributed by atoms with van der Waals surface area (Å²) in [6.07, 6.45) is 2.95. The van der Waals surface area contributed by atoms with E-state index in [1.165, 1.54) is 20.3 Å². The first kappa shape index (κ1) is 19.9. The SMILES string of the molecule is CCCn1c(I)cc2c(NC3CCN(CC(O)COC)CC3)cccc21. The third-order valence-corrected chi connectivity index (χ3v) is 6.01. The number of anilines is 1. The van der Waals surface area contributed by atoms with Crippen molar-refractivity contribution in [1.29, 1.82) is 0 Å². The van der Waals surface area contributed by atoms with Crippen molar-refractivity contribution in [1.82, 2.24) is 9.47 Å². The van der Waals surface area contributed by atoms with E-state index < -0.39 is 6.10 Å². The summed E-state index contributed by atoms with van der Waals surface area (Å²) < 4.78 is 8.73. The first-order valence-electron chi connectivity index (χ1n) is 9.56. The first-order valence-corrected chi connectivity index (χ1v) is 10.6. The number of rotatable bonds is 8. The molecule has 1 aliphatic rings. The van der Waals surface area contributed by atoms with Crippen LogP contribution >= 0.6 is 22.6 Å². The third kappa shape index (κ3) is 4.71. The van der Waals surface area contributed by atoms with E-state index >= 15 is 0 Å². The van der Waals surface area contributed by atoms with Crippen LogP contribution in [0, 0.1) is 3.70 Å². The number of β-amino-alcohol motifs (C(OH)–C–C–N with tert-alkyl or cyclic N) is 1. The van der Waals surface area contributed by atoms with E-state index in [9.17, 15) is 5.11 Å². The molecule has 0 amide bonds. The van der Waals surface area contributed by atoms with Crippen LogP contribution in [-0.4, -0.2) is 60.1 Å². The Hall–Kier alpha value is -0.830. The molecule has 5 nitrogen and oxygen atoms in total. The predicted octanol–water partition coefficient (Wildman–Crippen LogP) is 3.54. The van der Waals surface area contributed by atoms with Crippen LogP contribution in [-0.2, 0) is 11.3 Å². The van der Waals surface area contributed by atoms with Crippen LogP contribution in [0.15, 0.2) is 24.3 Å². The van der Waals surface area contributed by atoms with Crippen LogP contribution < -0.4 is 5.32 Å². The lowest BCUT2D eigenvalue weighted by molar-refractivity contribution is 0.0327. The van der Waals surface area contributed by atoms with Gasteiger partial charge < -0.3 is 24.6 Å². The van der Waals surface area contributed by atoms with Crippen molar-refractivity contribution >= 4 is 39.2 Å². The highest BCUT2D eigenvalue weighted by atomic mass is 127. The van der Waals surface area contributed by atoms with Crippen molar-refractivity contribution in [3.8, 4) is 0 Å². The number of aromatic nitrogens is 1. The number of halogens is 1. The second kappa shape index (κ2) is 9.39. The van der Waals surface area contributed by atoms with E-state index in [1.54, 1.807) is 7.11 Å². The Bertz CT molecular complexity index is 710. The molecule has 1 unspecified atom stereocenters. The summed E-state index contributed by atoms with van der Waals surface area (Å²) in [5.41, 5.74) is 2.56. The van der Waals surface area contributed by atoms with E-state index in [0.717, 1.165) is 38.9 Å². The van der Waals surface area contributed by atoms with Gasteiger partial charge in [-0.15, -0.1) is 0 Å². The summed E-state index contributed by atoms with van der Waals surface area (Å²) >= 11 is 2.44. The second-order valence-electron chi connectivity index (χ2n) is 7.19. The van der Waals surface area contributed by atoms with Gasteiger partial charge in [0, 0.05) is 50.4 Å². The predicted molar refractivity (Wildman–Crippen MR) is 116 cm³/mol. The summed E-state index contributed by atoms with van der Waals surface area (Å²) in [5, 5.41) is 15.0. The number of aliphatic hydroxyl groups is 1. The molecule has 3 rings (SSSR count). The average Bonchev–Trinajstić information content (AvgIpc) is 2.94. The van der Waals surface area contributed by atoms with E-state index in [4.69, 9.17) is 4.74 Å². The lowest BCUT2D eigenvalue weighted by Crippen LogP contribution is -2.43. The molecule has 1 saturated heterocycles. The van der Waals surface area contributed by atoms with Gasteiger partial charge in [0.25, 0.3) is 0 Å². The number of fused-ring (bicyclic) bond motifs is 1. The molecule has 0 saturated carbocycles. The normalized spacial score (nSPS) is 17.7. The number of aliphatic hydroxyl groups excluding tert-OH is 1. The van der Waals surface area contributed by atoms with Crippen molar-refractivity contribution in [2.24, 2.45) is 0 Å². The van der Waals surface area contributed by atoms with Crippen molar-refractivity contribution < 1.29 is 9.84 Å². The lowest BCUT2D eigenvalue weighted by Gasteiger charge is -2.34. The monoisotopic (exact) mass is 471 g/mol. The van der Waals surface area contributed by atoms with Crippen LogP contribution in [0.2, 0.25) is 0 Å². The summed E-state index contributed by atoms with van der Waals surface area (Å²) in [4.78, 5) is 2.34. The van der Waals surface area contributed by atoms with Crippen molar-refractivity contribution in [2.75, 3.05) is 38.7 Å². The molecule has 1 aliphatic heterocycles. The number of ether oxygens (including phenoxy) is 1. The smallest absolute Gasteiger partial charge is 0.0900 e. The van der Waals surface area contributed by atoms with Gasteiger partial charge in [0.15, 0.2) is 0 Å². The Morgan fingerprint density at radius 1 is 1.35 bits per heavy atom. The zero-order valence-corrected chi connectivity index (χ0v) is 17.9. The van der Waals surface area contributed by atoms with Gasteiger partial charge in [0.05, 0.1) is 21.9 Å². The quantitative estimate of drug-likeness (QED) is 0.579. The number of benzene rings is 1. The Kier molecular flexibility index (Phi) is 7.19. The summed E-state index contributed by atoms with van der Waals surface area (Å²) in [6, 6.07) is 9.36. The van der Waals surface area contributed by atoms with E-state index in [-0.39, 0.29) is 0 Å². The molecule has 2 N–H and O–H groups in total. The molecule has 1 aromatic carbocycles. The van der Waals surface area contributed by atoms with Crippen LogP contribution in [0.5, 0.6) is 0 Å². The lowest BCUT2D eigenvalue weighted by atomic mass is 10.0. The van der Waals surface area contributed by atoms with Gasteiger partial charge in [-0.3, -0.25) is 0 Å². The maximum absolute atomic E-state index is 9.91. The molecule has 6 heteroatoms. The molecule has 1 aromatic heterocycles. The van der Waals surface area contributed by atoms with E-state index in [2.05, 4.69) is 68.6 Å². The number of aryl methyl sites for hydroxylation is 1. The van der Waals surface area contributed by atoms with Gasteiger partial charge in [0.1, 0.15) is 0 Å². The van der Waals surface area contributed by atoms with Crippen LogP contribution in [0.4, 0.5) is 5.69 Å². The highest BCUT2D eigenvalue weighted by molar-refractivity contribution is 14.1. The standard InChI is InChI=1S/C20H30IN3O2/c1-3-9-24-19-6-4-5-18(17(19)12-20(24)21)22-15-7-10-23(11-8-15)13-16(25)14-26-2/h4-6,12,15-16,22,25H,3,7-11,13-14H2,1-2H3. The van der Waals surface area contributed by atoms with E-state index in [0.29, 0.717) is 19.2 Å². The van der Waals surface area contributed by atoms with Gasteiger partial charge in [-0.25, -0.2) is 0 Å². The molecular weight excluding hydrogens is 441 g/mol. The van der Waals surface area contributed by atoms with Crippen LogP contribution in [0.1, 0.15) is 26.2 Å². The Balaban J connectivity index is 1.63. The van der Waals surface area contributed by atoms with Gasteiger partial charge in [0.2, 0.25) is 0 Å². The minimum atomic E-state index is -0.390. The van der Waals surface area contributed by atoms with Gasteiger partial charge in [-0.05, 0) is 60.1 Å². The number of methoxy groups -OCH3 is 1. The molecule has 144 valence electrons. The molecule has 0 radical (unpaired) electrons. The van der Waals surface area contributed by atoms with Gasteiger partial charge in [-0.1, -0.05) is 13.0 Å². The van der Waals surface area contributed by atoms with Gasteiger partial charge >= 0.3 is 0 Å². The second-order valence-corrected chi connectivity index (χ2v) is 8.29. The largest absolute Gasteiger partial charge is 0.389 e. The van der Waals surface area contributed by atoms with E-state index in [1.807, 2.05) is 0 Å². The number of nitrogens with zero attached hydrogens (tertiary/aromatic N) is 2. The molecule has 0 bridgehead atoms. The topological polar surface area (TPSA) is 49.7 Å². The summed E-state index contributed by atoms with van der Waals surface area (Å²) in [7, 11) is 1.63. The first-order chi connectivity index (χ1) is 12.6. The molecule has 1 fully saturated rings. The number of nitrogens with one attached hydrogen (secondary N) is 1. The minimum Gasteiger partial charge on any atom is -0.389 e. The van der Waals surface area contributed by atoms with Crippen LogP contribution in [0.3, 0.4) is 0 Å². The molecule has 2 heterocycles. The molecule has 1 atom stereocenters. The molecule has 0 spiro atoms. The number of piperidine rings is 1.